The summed E-state index contributed by atoms with van der Waals surface area (Å²) in [4.78, 5) is 9.65. The lowest BCUT2D eigenvalue weighted by Gasteiger charge is -1.94. The maximum absolute atomic E-state index is 9.65. The second kappa shape index (κ2) is 2.98. The van der Waals surface area contributed by atoms with Crippen LogP contribution in [0.4, 0.5) is 0 Å². The van der Waals surface area contributed by atoms with E-state index in [1.54, 1.807) is 0 Å². The molecule has 0 aromatic rings. The summed E-state index contributed by atoms with van der Waals surface area (Å²) in [5.41, 5.74) is 0. The first-order valence-corrected chi connectivity index (χ1v) is 2.77. The van der Waals surface area contributed by atoms with E-state index >= 15 is 0 Å². The van der Waals surface area contributed by atoms with Crippen molar-refractivity contribution in [3.05, 3.63) is 0 Å². The zero-order chi connectivity index (χ0) is 5.86. The SMILES string of the molecule is O=C(O)C(O)CBr. The van der Waals surface area contributed by atoms with Crippen molar-refractivity contribution in [3.8, 4) is 0 Å². The number of halogens is 1. The molecule has 4 heteroatoms. The monoisotopic (exact) mass is 168 g/mol. The lowest BCUT2D eigenvalue weighted by atomic mass is 10.4. The molecule has 0 spiro atoms. The summed E-state index contributed by atoms with van der Waals surface area (Å²) in [5.74, 6) is -1.20. The highest BCUT2D eigenvalue weighted by atomic mass is 79.9. The first-order valence-electron chi connectivity index (χ1n) is 1.65. The molecular weight excluding hydrogens is 164 g/mol. The minimum absolute atomic E-state index is 0.0856. The van der Waals surface area contributed by atoms with Crippen LogP contribution in [0.3, 0.4) is 0 Å². The zero-order valence-corrected chi connectivity index (χ0v) is 5.05. The van der Waals surface area contributed by atoms with Crippen LogP contribution in [0.25, 0.3) is 0 Å². The van der Waals surface area contributed by atoms with E-state index in [4.69, 9.17) is 10.2 Å². The number of aliphatic hydroxyl groups excluding tert-OH is 1. The third-order valence-corrected chi connectivity index (χ3v) is 1.04. The molecule has 0 saturated carbocycles. The van der Waals surface area contributed by atoms with Gasteiger partial charge in [-0.1, -0.05) is 15.9 Å². The van der Waals surface area contributed by atoms with Gasteiger partial charge in [0.1, 0.15) is 0 Å². The number of hydrogen-bond acceptors (Lipinski definition) is 2. The second-order valence-electron chi connectivity index (χ2n) is 1.01. The number of aliphatic hydroxyl groups is 1. The molecule has 0 aliphatic rings. The average molecular weight is 169 g/mol. The van der Waals surface area contributed by atoms with Crippen molar-refractivity contribution in [2.75, 3.05) is 5.33 Å². The van der Waals surface area contributed by atoms with Crippen LogP contribution in [-0.2, 0) is 4.79 Å². The number of carbonyl (C=O) groups is 1. The van der Waals surface area contributed by atoms with Gasteiger partial charge < -0.3 is 10.2 Å². The summed E-state index contributed by atoms with van der Waals surface area (Å²) in [6.45, 7) is 0. The van der Waals surface area contributed by atoms with E-state index in [2.05, 4.69) is 15.9 Å². The smallest absolute Gasteiger partial charge is 0.333 e. The summed E-state index contributed by atoms with van der Waals surface area (Å²) in [6, 6.07) is 0. The van der Waals surface area contributed by atoms with E-state index < -0.39 is 12.1 Å². The standard InChI is InChI=1S/C3H5BrO3/c4-1-2(5)3(6)7/h2,5H,1H2,(H,6,7). The van der Waals surface area contributed by atoms with Crippen molar-refractivity contribution in [1.29, 1.82) is 0 Å². The number of hydrogen-bond donors (Lipinski definition) is 2. The highest BCUT2D eigenvalue weighted by Gasteiger charge is 2.08. The van der Waals surface area contributed by atoms with Gasteiger partial charge in [0.2, 0.25) is 0 Å². The maximum Gasteiger partial charge on any atom is 0.333 e. The third kappa shape index (κ3) is 2.59. The molecule has 0 rings (SSSR count). The van der Waals surface area contributed by atoms with Gasteiger partial charge >= 0.3 is 5.97 Å². The third-order valence-electron chi connectivity index (χ3n) is 0.431. The summed E-state index contributed by atoms with van der Waals surface area (Å²) >= 11 is 2.78. The van der Waals surface area contributed by atoms with E-state index in [-0.39, 0.29) is 5.33 Å². The molecule has 0 fully saturated rings. The molecule has 0 heterocycles. The lowest BCUT2D eigenvalue weighted by Crippen LogP contribution is -2.20. The van der Waals surface area contributed by atoms with Gasteiger partial charge in [0.05, 0.1) is 0 Å². The van der Waals surface area contributed by atoms with Crippen LogP contribution in [0.2, 0.25) is 0 Å². The van der Waals surface area contributed by atoms with E-state index in [1.165, 1.54) is 0 Å². The van der Waals surface area contributed by atoms with Crippen molar-refractivity contribution < 1.29 is 15.0 Å². The molecule has 1 atom stereocenters. The van der Waals surface area contributed by atoms with Crippen LogP contribution >= 0.6 is 15.9 Å². The van der Waals surface area contributed by atoms with Gasteiger partial charge in [0.25, 0.3) is 0 Å². The first-order chi connectivity index (χ1) is 3.18. The van der Waals surface area contributed by atoms with Crippen molar-refractivity contribution >= 4 is 21.9 Å². The summed E-state index contributed by atoms with van der Waals surface area (Å²) < 4.78 is 0. The fourth-order valence-corrected chi connectivity index (χ4v) is 0.343. The Bertz CT molecular complexity index is 72.6. The van der Waals surface area contributed by atoms with E-state index in [0.29, 0.717) is 0 Å². The zero-order valence-electron chi connectivity index (χ0n) is 3.47. The van der Waals surface area contributed by atoms with E-state index in [0.717, 1.165) is 0 Å². The highest BCUT2D eigenvalue weighted by molar-refractivity contribution is 9.09. The maximum atomic E-state index is 9.65. The van der Waals surface area contributed by atoms with Gasteiger partial charge in [-0.3, -0.25) is 0 Å². The molecule has 0 aromatic heterocycles. The Kier molecular flexibility index (Phi) is 2.95. The molecule has 7 heavy (non-hydrogen) atoms. The van der Waals surface area contributed by atoms with Gasteiger partial charge in [-0.2, -0.15) is 0 Å². The molecule has 0 aliphatic carbocycles. The van der Waals surface area contributed by atoms with E-state index in [9.17, 15) is 4.79 Å². The van der Waals surface area contributed by atoms with Crippen LogP contribution in [-0.4, -0.2) is 27.6 Å². The number of aliphatic carboxylic acids is 1. The molecule has 42 valence electrons. The van der Waals surface area contributed by atoms with Crippen LogP contribution in [0.15, 0.2) is 0 Å². The Balaban J connectivity index is 3.34. The summed E-state index contributed by atoms with van der Waals surface area (Å²) in [6.07, 6.45) is -1.26. The van der Waals surface area contributed by atoms with Crippen molar-refractivity contribution in [2.24, 2.45) is 0 Å². The second-order valence-corrected chi connectivity index (χ2v) is 1.66. The van der Waals surface area contributed by atoms with Crippen molar-refractivity contribution in [1.82, 2.24) is 0 Å². The molecule has 2 N–H and O–H groups in total. The number of carboxylic acid groups (broad SMARTS) is 1. The van der Waals surface area contributed by atoms with E-state index in [1.807, 2.05) is 0 Å². The van der Waals surface area contributed by atoms with Crippen molar-refractivity contribution in [3.63, 3.8) is 0 Å². The van der Waals surface area contributed by atoms with Gasteiger partial charge in [-0.05, 0) is 0 Å². The Morgan fingerprint density at radius 2 is 2.29 bits per heavy atom. The molecule has 3 nitrogen and oxygen atoms in total. The van der Waals surface area contributed by atoms with Crippen LogP contribution in [0.5, 0.6) is 0 Å². The molecule has 1 unspecified atom stereocenters. The number of carboxylic acids is 1. The largest absolute Gasteiger partial charge is 0.479 e. The van der Waals surface area contributed by atoms with Gasteiger partial charge in [0.15, 0.2) is 6.10 Å². The molecule has 0 saturated heterocycles. The molecule has 0 bridgehead atoms. The number of rotatable bonds is 2. The van der Waals surface area contributed by atoms with Gasteiger partial charge in [-0.15, -0.1) is 0 Å². The molecule has 0 amide bonds. The minimum atomic E-state index is -1.26. The Hall–Kier alpha value is -0.0900. The van der Waals surface area contributed by atoms with Crippen LogP contribution < -0.4 is 0 Å². The quantitative estimate of drug-likeness (QED) is 0.564. The molecule has 0 aliphatic heterocycles. The van der Waals surface area contributed by atoms with Gasteiger partial charge in [0, 0.05) is 5.33 Å². The van der Waals surface area contributed by atoms with Crippen LogP contribution in [0.1, 0.15) is 0 Å². The average Bonchev–Trinajstić information content (AvgIpc) is 1.65. The summed E-state index contributed by atoms with van der Waals surface area (Å²) in [5, 5.41) is 16.3. The molecular formula is C3H5BrO3. The normalized spacial score (nSPS) is 13.4. The fourth-order valence-electron chi connectivity index (χ4n) is 0.0660. The predicted molar refractivity (Wildman–Crippen MR) is 27.4 cm³/mol. The Morgan fingerprint density at radius 1 is 1.86 bits per heavy atom. The topological polar surface area (TPSA) is 57.5 Å². The minimum Gasteiger partial charge on any atom is -0.479 e. The highest BCUT2D eigenvalue weighted by Crippen LogP contribution is 1.87. The molecule has 0 aromatic carbocycles. The van der Waals surface area contributed by atoms with Crippen LogP contribution in [0, 0.1) is 0 Å². The first kappa shape index (κ1) is 6.91. The molecule has 0 radical (unpaired) electrons. The summed E-state index contributed by atoms with van der Waals surface area (Å²) in [7, 11) is 0. The Morgan fingerprint density at radius 3 is 2.29 bits per heavy atom. The van der Waals surface area contributed by atoms with Gasteiger partial charge in [-0.25, -0.2) is 4.79 Å². The lowest BCUT2D eigenvalue weighted by molar-refractivity contribution is -0.145. The Labute approximate surface area is 49.1 Å². The fraction of sp³-hybridized carbons (Fsp3) is 0.667. The van der Waals surface area contributed by atoms with Crippen molar-refractivity contribution in [2.45, 2.75) is 6.10 Å². The predicted octanol–water partition coefficient (Wildman–Crippen LogP) is -0.173. The number of alkyl halides is 1.